The molecule has 1 heterocycles. The minimum atomic E-state index is -0.283. The first-order chi connectivity index (χ1) is 13.4. The van der Waals surface area contributed by atoms with E-state index in [0.29, 0.717) is 23.0 Å². The SMILES string of the molecule is COc1ccccc1[C@@H](CNC(=O)c1ccc2c(=O)[nH]c(=S)[nH]c2c1)N(C)C. The van der Waals surface area contributed by atoms with Crippen molar-refractivity contribution < 1.29 is 9.53 Å². The lowest BCUT2D eigenvalue weighted by Gasteiger charge is -2.26. The molecule has 3 rings (SSSR count). The van der Waals surface area contributed by atoms with Crippen LogP contribution >= 0.6 is 12.2 Å². The second-order valence-corrected chi connectivity index (χ2v) is 7.01. The Bertz CT molecular complexity index is 1120. The quantitative estimate of drug-likeness (QED) is 0.556. The molecule has 0 saturated carbocycles. The number of fused-ring (bicyclic) bond motifs is 1. The molecule has 8 heteroatoms. The highest BCUT2D eigenvalue weighted by molar-refractivity contribution is 7.71. The fourth-order valence-electron chi connectivity index (χ4n) is 3.11. The molecule has 0 fully saturated rings. The molecule has 0 radical (unpaired) electrons. The van der Waals surface area contributed by atoms with Gasteiger partial charge in [-0.3, -0.25) is 14.6 Å². The number of rotatable bonds is 6. The maximum absolute atomic E-state index is 12.7. The number of carbonyl (C=O) groups excluding carboxylic acids is 1. The van der Waals surface area contributed by atoms with Crippen molar-refractivity contribution in [1.29, 1.82) is 0 Å². The molecule has 0 saturated heterocycles. The van der Waals surface area contributed by atoms with Crippen molar-refractivity contribution in [2.75, 3.05) is 27.7 Å². The number of ether oxygens (including phenoxy) is 1. The number of para-hydroxylation sites is 1. The molecule has 1 aromatic heterocycles. The molecule has 0 aliphatic heterocycles. The van der Waals surface area contributed by atoms with Crippen molar-refractivity contribution in [3.05, 3.63) is 68.7 Å². The van der Waals surface area contributed by atoms with Gasteiger partial charge in [0.15, 0.2) is 4.77 Å². The van der Waals surface area contributed by atoms with Crippen LogP contribution in [0.15, 0.2) is 47.3 Å². The number of aromatic amines is 2. The molecule has 0 spiro atoms. The average Bonchev–Trinajstić information content (AvgIpc) is 2.67. The lowest BCUT2D eigenvalue weighted by molar-refractivity contribution is 0.0941. The Hall–Kier alpha value is -2.97. The van der Waals surface area contributed by atoms with Crippen LogP contribution in [0.25, 0.3) is 10.9 Å². The molecule has 0 aliphatic rings. The van der Waals surface area contributed by atoms with E-state index < -0.39 is 0 Å². The number of aromatic nitrogens is 2. The largest absolute Gasteiger partial charge is 0.496 e. The van der Waals surface area contributed by atoms with Crippen LogP contribution in [-0.4, -0.2) is 48.5 Å². The molecule has 0 unspecified atom stereocenters. The summed E-state index contributed by atoms with van der Waals surface area (Å²) in [5.74, 6) is 0.538. The molecular weight excluding hydrogens is 376 g/mol. The van der Waals surface area contributed by atoms with E-state index in [1.165, 1.54) is 0 Å². The summed E-state index contributed by atoms with van der Waals surface area (Å²) in [5.41, 5.74) is 1.68. The number of amides is 1. The highest BCUT2D eigenvalue weighted by Gasteiger charge is 2.19. The monoisotopic (exact) mass is 398 g/mol. The molecule has 3 aromatic rings. The lowest BCUT2D eigenvalue weighted by atomic mass is 10.0. The van der Waals surface area contributed by atoms with E-state index in [1.807, 2.05) is 43.3 Å². The van der Waals surface area contributed by atoms with Gasteiger partial charge in [-0.25, -0.2) is 0 Å². The van der Waals surface area contributed by atoms with Crippen LogP contribution in [0.4, 0.5) is 0 Å². The lowest BCUT2D eigenvalue weighted by Crippen LogP contribution is -2.34. The van der Waals surface area contributed by atoms with Gasteiger partial charge in [-0.15, -0.1) is 0 Å². The van der Waals surface area contributed by atoms with Crippen molar-refractivity contribution in [1.82, 2.24) is 20.2 Å². The molecule has 146 valence electrons. The minimum Gasteiger partial charge on any atom is -0.496 e. The molecule has 0 bridgehead atoms. The third-order valence-corrected chi connectivity index (χ3v) is 4.78. The summed E-state index contributed by atoms with van der Waals surface area (Å²) in [6.45, 7) is 0.398. The Balaban J connectivity index is 1.83. The molecule has 2 aromatic carbocycles. The van der Waals surface area contributed by atoms with Crippen LogP contribution in [0, 0.1) is 4.77 Å². The van der Waals surface area contributed by atoms with Crippen LogP contribution in [0.3, 0.4) is 0 Å². The summed E-state index contributed by atoms with van der Waals surface area (Å²) >= 11 is 5.00. The van der Waals surface area contributed by atoms with Crippen molar-refractivity contribution in [2.45, 2.75) is 6.04 Å². The van der Waals surface area contributed by atoms with Crippen LogP contribution < -0.4 is 15.6 Å². The van der Waals surface area contributed by atoms with E-state index in [2.05, 4.69) is 15.3 Å². The number of likely N-dealkylation sites (N-methyl/N-ethyl adjacent to an activating group) is 1. The minimum absolute atomic E-state index is 0.0609. The number of nitrogens with zero attached hydrogens (tertiary/aromatic N) is 1. The van der Waals surface area contributed by atoms with Gasteiger partial charge in [-0.05, 0) is 50.6 Å². The Morgan fingerprint density at radius 1 is 1.21 bits per heavy atom. The third-order valence-electron chi connectivity index (χ3n) is 4.58. The Morgan fingerprint density at radius 3 is 2.68 bits per heavy atom. The number of carbonyl (C=O) groups is 1. The average molecular weight is 398 g/mol. The summed E-state index contributed by atoms with van der Waals surface area (Å²) in [4.78, 5) is 32.1. The van der Waals surface area contributed by atoms with E-state index in [9.17, 15) is 9.59 Å². The zero-order valence-electron chi connectivity index (χ0n) is 15.9. The predicted molar refractivity (Wildman–Crippen MR) is 112 cm³/mol. The fourth-order valence-corrected chi connectivity index (χ4v) is 3.32. The first kappa shape index (κ1) is 19.8. The van der Waals surface area contributed by atoms with Gasteiger partial charge in [-0.2, -0.15) is 0 Å². The first-order valence-electron chi connectivity index (χ1n) is 8.74. The van der Waals surface area contributed by atoms with Crippen LogP contribution in [0.2, 0.25) is 0 Å². The number of nitrogens with one attached hydrogen (secondary N) is 3. The summed E-state index contributed by atoms with van der Waals surface area (Å²) in [6.07, 6.45) is 0. The van der Waals surface area contributed by atoms with E-state index in [4.69, 9.17) is 17.0 Å². The van der Waals surface area contributed by atoms with Crippen molar-refractivity contribution in [3.8, 4) is 5.75 Å². The molecule has 0 aliphatic carbocycles. The number of H-pyrrole nitrogens is 2. The first-order valence-corrected chi connectivity index (χ1v) is 9.15. The zero-order chi connectivity index (χ0) is 20.3. The topological polar surface area (TPSA) is 90.2 Å². The van der Waals surface area contributed by atoms with Crippen molar-refractivity contribution in [3.63, 3.8) is 0 Å². The summed E-state index contributed by atoms with van der Waals surface area (Å²) in [6, 6.07) is 12.5. The maximum Gasteiger partial charge on any atom is 0.259 e. The molecule has 3 N–H and O–H groups in total. The van der Waals surface area contributed by atoms with Gasteiger partial charge in [0, 0.05) is 17.7 Å². The fraction of sp³-hybridized carbons (Fsp3) is 0.250. The Kier molecular flexibility index (Phi) is 5.91. The normalized spacial score (nSPS) is 12.1. The van der Waals surface area contributed by atoms with Crippen LogP contribution in [0.5, 0.6) is 5.75 Å². The van der Waals surface area contributed by atoms with Gasteiger partial charge in [0.2, 0.25) is 0 Å². The highest BCUT2D eigenvalue weighted by atomic mass is 32.1. The molecule has 28 heavy (non-hydrogen) atoms. The third kappa shape index (κ3) is 4.13. The number of hydrogen-bond donors (Lipinski definition) is 3. The highest BCUT2D eigenvalue weighted by Crippen LogP contribution is 2.27. The molecule has 7 nitrogen and oxygen atoms in total. The second kappa shape index (κ2) is 8.37. The molecule has 1 atom stereocenters. The number of benzene rings is 2. The summed E-state index contributed by atoms with van der Waals surface area (Å²) in [5, 5.41) is 3.41. The Labute approximate surface area is 167 Å². The van der Waals surface area contributed by atoms with Gasteiger partial charge < -0.3 is 19.9 Å². The predicted octanol–water partition coefficient (Wildman–Crippen LogP) is 2.63. The van der Waals surface area contributed by atoms with Gasteiger partial charge in [0.1, 0.15) is 5.75 Å². The van der Waals surface area contributed by atoms with Gasteiger partial charge in [0.05, 0.1) is 24.1 Å². The van der Waals surface area contributed by atoms with E-state index in [1.54, 1.807) is 25.3 Å². The van der Waals surface area contributed by atoms with Gasteiger partial charge >= 0.3 is 0 Å². The number of hydrogen-bond acceptors (Lipinski definition) is 5. The van der Waals surface area contributed by atoms with Gasteiger partial charge in [0.25, 0.3) is 11.5 Å². The van der Waals surface area contributed by atoms with Gasteiger partial charge in [-0.1, -0.05) is 18.2 Å². The Morgan fingerprint density at radius 2 is 1.96 bits per heavy atom. The second-order valence-electron chi connectivity index (χ2n) is 6.60. The van der Waals surface area contributed by atoms with Crippen LogP contribution in [-0.2, 0) is 0 Å². The van der Waals surface area contributed by atoms with E-state index >= 15 is 0 Å². The smallest absolute Gasteiger partial charge is 0.259 e. The zero-order valence-corrected chi connectivity index (χ0v) is 16.7. The summed E-state index contributed by atoms with van der Waals surface area (Å²) < 4.78 is 5.67. The molecular formula is C20H22N4O3S. The van der Waals surface area contributed by atoms with Crippen molar-refractivity contribution >= 4 is 29.0 Å². The van der Waals surface area contributed by atoms with Crippen LogP contribution in [0.1, 0.15) is 22.0 Å². The van der Waals surface area contributed by atoms with Crippen molar-refractivity contribution in [2.24, 2.45) is 0 Å². The van der Waals surface area contributed by atoms with E-state index in [0.717, 1.165) is 11.3 Å². The summed E-state index contributed by atoms with van der Waals surface area (Å²) in [7, 11) is 5.53. The maximum atomic E-state index is 12.7. The standard InChI is InChI=1S/C20H22N4O3S/c1-24(2)16(14-6-4-5-7-17(14)27-3)11-21-18(25)12-8-9-13-15(10-12)22-20(28)23-19(13)26/h4-10,16H,11H2,1-3H3,(H,21,25)(H2,22,23,26,28)/t16-/m1/s1. The number of methoxy groups -OCH3 is 1. The van der Waals surface area contributed by atoms with E-state index in [-0.39, 0.29) is 22.3 Å². The molecule has 1 amide bonds.